The van der Waals surface area contributed by atoms with Crippen LogP contribution in [-0.4, -0.2) is 49.2 Å². The van der Waals surface area contributed by atoms with E-state index in [-0.39, 0.29) is 17.5 Å². The van der Waals surface area contributed by atoms with Gasteiger partial charge in [-0.3, -0.25) is 9.59 Å². The third-order valence-corrected chi connectivity index (χ3v) is 5.84. The predicted molar refractivity (Wildman–Crippen MR) is 95.4 cm³/mol. The number of aromatic nitrogens is 3. The molecule has 2 aromatic rings. The summed E-state index contributed by atoms with van der Waals surface area (Å²) in [5.41, 5.74) is -0.0818. The van der Waals surface area contributed by atoms with Gasteiger partial charge in [0.25, 0.3) is 5.56 Å². The van der Waals surface area contributed by atoms with Crippen LogP contribution in [0.2, 0.25) is 0 Å². The van der Waals surface area contributed by atoms with Crippen molar-refractivity contribution < 1.29 is 9.90 Å². The smallest absolute Gasteiger partial charge is 0.250 e. The van der Waals surface area contributed by atoms with Crippen LogP contribution in [0.15, 0.2) is 47.9 Å². The van der Waals surface area contributed by atoms with Gasteiger partial charge in [0, 0.05) is 50.7 Å². The average Bonchev–Trinajstić information content (AvgIpc) is 3.29. The summed E-state index contributed by atoms with van der Waals surface area (Å²) >= 11 is 0. The van der Waals surface area contributed by atoms with Gasteiger partial charge in [0.2, 0.25) is 5.91 Å². The summed E-state index contributed by atoms with van der Waals surface area (Å²) < 4.78 is 3.55. The number of nitrogens with zero attached hydrogens (tertiary/aromatic N) is 4. The SMILES string of the molecule is O=C(CCn1ccccc1=O)N1C[C@H]2C[C@@H](n3ccnc3)[C@H](O)C[C@H]2C1. The molecular formula is C19H24N4O3. The number of aryl methyl sites for hydroxylation is 1. The molecule has 1 N–H and O–H groups in total. The van der Waals surface area contributed by atoms with E-state index in [0.29, 0.717) is 31.3 Å². The molecule has 138 valence electrons. The van der Waals surface area contributed by atoms with Crippen LogP contribution < -0.4 is 5.56 Å². The number of aliphatic hydroxyl groups is 1. The maximum absolute atomic E-state index is 12.6. The summed E-state index contributed by atoms with van der Waals surface area (Å²) in [6, 6.07) is 5.05. The van der Waals surface area contributed by atoms with Gasteiger partial charge in [0.05, 0.1) is 18.5 Å². The minimum absolute atomic E-state index is 0.0386. The molecule has 7 nitrogen and oxygen atoms in total. The topological polar surface area (TPSA) is 80.4 Å². The van der Waals surface area contributed by atoms with Crippen molar-refractivity contribution in [2.45, 2.75) is 38.0 Å². The van der Waals surface area contributed by atoms with Crippen LogP contribution in [0.4, 0.5) is 0 Å². The predicted octanol–water partition coefficient (Wildman–Crippen LogP) is 0.905. The third kappa shape index (κ3) is 3.31. The van der Waals surface area contributed by atoms with Crippen molar-refractivity contribution in [1.82, 2.24) is 19.0 Å². The fraction of sp³-hybridized carbons (Fsp3) is 0.526. The maximum Gasteiger partial charge on any atom is 0.250 e. The minimum Gasteiger partial charge on any atom is -0.391 e. The van der Waals surface area contributed by atoms with Gasteiger partial charge in [-0.25, -0.2) is 4.98 Å². The van der Waals surface area contributed by atoms with Crippen molar-refractivity contribution in [3.8, 4) is 0 Å². The number of aliphatic hydroxyl groups excluding tert-OH is 1. The second-order valence-electron chi connectivity index (χ2n) is 7.42. The Bertz CT molecular complexity index is 816. The molecule has 1 aliphatic carbocycles. The van der Waals surface area contributed by atoms with Crippen LogP contribution in [0, 0.1) is 11.8 Å². The summed E-state index contributed by atoms with van der Waals surface area (Å²) in [5.74, 6) is 0.853. The number of hydrogen-bond donors (Lipinski definition) is 1. The van der Waals surface area contributed by atoms with Gasteiger partial charge in [0.15, 0.2) is 0 Å². The average molecular weight is 356 g/mol. The third-order valence-electron chi connectivity index (χ3n) is 5.84. The molecule has 3 heterocycles. The molecule has 0 spiro atoms. The first kappa shape index (κ1) is 17.0. The van der Waals surface area contributed by atoms with E-state index >= 15 is 0 Å². The van der Waals surface area contributed by atoms with E-state index in [2.05, 4.69) is 4.98 Å². The summed E-state index contributed by atoms with van der Waals surface area (Å²) in [6.07, 6.45) is 8.60. The molecule has 0 unspecified atom stereocenters. The summed E-state index contributed by atoms with van der Waals surface area (Å²) in [7, 11) is 0. The van der Waals surface area contributed by atoms with Gasteiger partial charge >= 0.3 is 0 Å². The Morgan fingerprint density at radius 3 is 2.73 bits per heavy atom. The van der Waals surface area contributed by atoms with Crippen molar-refractivity contribution in [2.75, 3.05) is 13.1 Å². The molecule has 2 fully saturated rings. The van der Waals surface area contributed by atoms with Gasteiger partial charge in [-0.15, -0.1) is 0 Å². The molecule has 0 radical (unpaired) electrons. The number of likely N-dealkylation sites (tertiary alicyclic amines) is 1. The standard InChI is InChI=1S/C19H24N4O3/c24-17-10-15-12-23(11-14(15)9-16(17)22-8-5-20-13-22)19(26)4-7-21-6-2-1-3-18(21)25/h1-3,5-6,8,13-17,24H,4,7,9-12H2/t14-,15+,16-,17-/m1/s1. The fourth-order valence-electron chi connectivity index (χ4n) is 4.42. The number of hydrogen-bond acceptors (Lipinski definition) is 4. The van der Waals surface area contributed by atoms with E-state index in [1.165, 1.54) is 6.07 Å². The number of fused-ring (bicyclic) bond motifs is 1. The Morgan fingerprint density at radius 2 is 2.00 bits per heavy atom. The number of carbonyl (C=O) groups is 1. The molecule has 1 saturated carbocycles. The lowest BCUT2D eigenvalue weighted by Crippen LogP contribution is -2.35. The molecule has 2 aliphatic rings. The van der Waals surface area contributed by atoms with Crippen LogP contribution in [0.1, 0.15) is 25.3 Å². The van der Waals surface area contributed by atoms with Crippen LogP contribution >= 0.6 is 0 Å². The second-order valence-corrected chi connectivity index (χ2v) is 7.42. The zero-order chi connectivity index (χ0) is 18.1. The molecular weight excluding hydrogens is 332 g/mol. The van der Waals surface area contributed by atoms with Crippen molar-refractivity contribution >= 4 is 5.91 Å². The maximum atomic E-state index is 12.6. The molecule has 1 amide bonds. The molecule has 2 aromatic heterocycles. The van der Waals surface area contributed by atoms with Gasteiger partial charge in [-0.1, -0.05) is 6.07 Å². The van der Waals surface area contributed by atoms with Crippen molar-refractivity contribution in [3.05, 3.63) is 53.5 Å². The molecule has 26 heavy (non-hydrogen) atoms. The van der Waals surface area contributed by atoms with E-state index in [0.717, 1.165) is 19.4 Å². The molecule has 7 heteroatoms. The number of imidazole rings is 1. The quantitative estimate of drug-likeness (QED) is 0.883. The molecule has 1 saturated heterocycles. The Hall–Kier alpha value is -2.41. The first-order valence-corrected chi connectivity index (χ1v) is 9.20. The highest BCUT2D eigenvalue weighted by atomic mass is 16.3. The largest absolute Gasteiger partial charge is 0.391 e. The lowest BCUT2D eigenvalue weighted by molar-refractivity contribution is -0.130. The van der Waals surface area contributed by atoms with Gasteiger partial charge in [-0.05, 0) is 30.7 Å². The second kappa shape index (κ2) is 7.07. The van der Waals surface area contributed by atoms with Gasteiger partial charge < -0.3 is 19.1 Å². The lowest BCUT2D eigenvalue weighted by atomic mass is 9.77. The van der Waals surface area contributed by atoms with E-state index in [4.69, 9.17) is 0 Å². The van der Waals surface area contributed by atoms with E-state index in [1.54, 1.807) is 35.4 Å². The van der Waals surface area contributed by atoms with Crippen molar-refractivity contribution in [1.29, 1.82) is 0 Å². The highest BCUT2D eigenvalue weighted by Gasteiger charge is 2.43. The Kier molecular flexibility index (Phi) is 4.63. The van der Waals surface area contributed by atoms with E-state index in [9.17, 15) is 14.7 Å². The van der Waals surface area contributed by atoms with Crippen molar-refractivity contribution in [3.63, 3.8) is 0 Å². The summed E-state index contributed by atoms with van der Waals surface area (Å²) in [6.45, 7) is 1.86. The van der Waals surface area contributed by atoms with Crippen LogP contribution in [-0.2, 0) is 11.3 Å². The zero-order valence-electron chi connectivity index (χ0n) is 14.6. The number of carbonyl (C=O) groups excluding carboxylic acids is 1. The monoisotopic (exact) mass is 356 g/mol. The minimum atomic E-state index is -0.400. The molecule has 0 bridgehead atoms. The first-order chi connectivity index (χ1) is 12.6. The fourth-order valence-corrected chi connectivity index (χ4v) is 4.42. The van der Waals surface area contributed by atoms with Crippen molar-refractivity contribution in [2.24, 2.45) is 11.8 Å². The zero-order valence-corrected chi connectivity index (χ0v) is 14.6. The van der Waals surface area contributed by atoms with E-state index < -0.39 is 6.10 Å². The lowest BCUT2D eigenvalue weighted by Gasteiger charge is -2.35. The highest BCUT2D eigenvalue weighted by molar-refractivity contribution is 5.76. The van der Waals surface area contributed by atoms with Crippen LogP contribution in [0.25, 0.3) is 0 Å². The Balaban J connectivity index is 1.36. The molecule has 4 rings (SSSR count). The highest BCUT2D eigenvalue weighted by Crippen LogP contribution is 2.41. The van der Waals surface area contributed by atoms with Gasteiger partial charge in [-0.2, -0.15) is 0 Å². The Morgan fingerprint density at radius 1 is 1.19 bits per heavy atom. The van der Waals surface area contributed by atoms with Crippen LogP contribution in [0.5, 0.6) is 0 Å². The van der Waals surface area contributed by atoms with Gasteiger partial charge in [0.1, 0.15) is 0 Å². The first-order valence-electron chi connectivity index (χ1n) is 9.20. The van der Waals surface area contributed by atoms with E-state index in [1.807, 2.05) is 15.7 Å². The Labute approximate surface area is 151 Å². The molecule has 1 aliphatic heterocycles. The molecule has 4 atom stereocenters. The molecule has 0 aromatic carbocycles. The summed E-state index contributed by atoms with van der Waals surface area (Å²) in [5, 5.41) is 10.5. The number of rotatable bonds is 4. The van der Waals surface area contributed by atoms with Crippen LogP contribution in [0.3, 0.4) is 0 Å². The number of pyridine rings is 1. The normalized spacial score (nSPS) is 28.1. The summed E-state index contributed by atoms with van der Waals surface area (Å²) in [4.78, 5) is 30.3. The number of amides is 1.